The molecule has 2 aromatic heterocycles. The molecule has 3 heterocycles. The van der Waals surface area contributed by atoms with Gasteiger partial charge in [0.25, 0.3) is 0 Å². The van der Waals surface area contributed by atoms with Crippen LogP contribution in [0.2, 0.25) is 0 Å². The van der Waals surface area contributed by atoms with Crippen LogP contribution in [0.15, 0.2) is 28.5 Å². The average Bonchev–Trinajstić information content (AvgIpc) is 3.25. The molecule has 11 nitrogen and oxygen atoms in total. The van der Waals surface area contributed by atoms with Gasteiger partial charge in [-0.3, -0.25) is 0 Å². The summed E-state index contributed by atoms with van der Waals surface area (Å²) in [6.07, 6.45) is 1.67. The van der Waals surface area contributed by atoms with Crippen LogP contribution in [0.3, 0.4) is 0 Å². The summed E-state index contributed by atoms with van der Waals surface area (Å²) < 4.78 is 35.5. The van der Waals surface area contributed by atoms with Gasteiger partial charge in [0.05, 0.1) is 11.4 Å². The van der Waals surface area contributed by atoms with E-state index >= 15 is 0 Å². The summed E-state index contributed by atoms with van der Waals surface area (Å²) in [6.45, 7) is 0.530. The van der Waals surface area contributed by atoms with Gasteiger partial charge in [-0.15, -0.1) is 0 Å². The zero-order chi connectivity index (χ0) is 21.5. The SMILES string of the molecule is CN(C)c1cc2c(cc1Sc1nc3c(N)ncnc3n1CCCS(N)(=O)=O)OCO2. The molecule has 0 aliphatic carbocycles. The number of sulfonamides is 1. The number of imidazole rings is 1. The summed E-state index contributed by atoms with van der Waals surface area (Å²) in [4.78, 5) is 15.8. The highest BCUT2D eigenvalue weighted by Crippen LogP contribution is 2.44. The van der Waals surface area contributed by atoms with E-state index in [9.17, 15) is 8.42 Å². The van der Waals surface area contributed by atoms with Crippen LogP contribution in [0.1, 0.15) is 6.42 Å². The van der Waals surface area contributed by atoms with Gasteiger partial charge in [-0.1, -0.05) is 0 Å². The fourth-order valence-corrected chi connectivity index (χ4v) is 4.74. The van der Waals surface area contributed by atoms with Gasteiger partial charge in [0.15, 0.2) is 33.6 Å². The van der Waals surface area contributed by atoms with Crippen molar-refractivity contribution in [2.75, 3.05) is 37.3 Å². The minimum atomic E-state index is -3.57. The van der Waals surface area contributed by atoms with Crippen LogP contribution in [-0.4, -0.2) is 54.6 Å². The molecule has 0 unspecified atom stereocenters. The number of hydrogen-bond acceptors (Lipinski definition) is 10. The van der Waals surface area contributed by atoms with Gasteiger partial charge in [0.2, 0.25) is 16.8 Å². The van der Waals surface area contributed by atoms with Crippen molar-refractivity contribution in [3.63, 3.8) is 0 Å². The number of benzene rings is 1. The molecule has 0 saturated heterocycles. The first-order chi connectivity index (χ1) is 14.2. The number of nitrogens with zero attached hydrogens (tertiary/aromatic N) is 5. The summed E-state index contributed by atoms with van der Waals surface area (Å²) >= 11 is 1.40. The number of hydrogen-bond donors (Lipinski definition) is 2. The van der Waals surface area contributed by atoms with Gasteiger partial charge in [0, 0.05) is 37.7 Å². The Hall–Kier alpha value is -2.77. The Labute approximate surface area is 177 Å². The zero-order valence-electron chi connectivity index (χ0n) is 16.4. The number of ether oxygens (including phenoxy) is 2. The van der Waals surface area contributed by atoms with Gasteiger partial charge >= 0.3 is 0 Å². The Morgan fingerprint density at radius 2 is 1.97 bits per heavy atom. The van der Waals surface area contributed by atoms with E-state index in [1.165, 1.54) is 18.1 Å². The number of anilines is 2. The van der Waals surface area contributed by atoms with E-state index < -0.39 is 10.0 Å². The Morgan fingerprint density at radius 3 is 2.67 bits per heavy atom. The maximum absolute atomic E-state index is 11.4. The number of fused-ring (bicyclic) bond motifs is 2. The maximum atomic E-state index is 11.4. The van der Waals surface area contributed by atoms with Crippen molar-refractivity contribution in [1.82, 2.24) is 19.5 Å². The summed E-state index contributed by atoms with van der Waals surface area (Å²) in [6, 6.07) is 3.80. The molecule has 1 aromatic carbocycles. The largest absolute Gasteiger partial charge is 0.454 e. The maximum Gasteiger partial charge on any atom is 0.231 e. The molecule has 0 radical (unpaired) electrons. The quantitative estimate of drug-likeness (QED) is 0.533. The van der Waals surface area contributed by atoms with E-state index in [0.29, 0.717) is 40.8 Å². The predicted octanol–water partition coefficient (Wildman–Crippen LogP) is 1.03. The summed E-state index contributed by atoms with van der Waals surface area (Å²) in [7, 11) is 0.291. The monoisotopic (exact) mass is 451 g/mol. The number of rotatable bonds is 7. The molecule has 160 valence electrons. The molecule has 4 N–H and O–H groups in total. The van der Waals surface area contributed by atoms with E-state index in [1.807, 2.05) is 35.7 Å². The fourth-order valence-electron chi connectivity index (χ4n) is 3.08. The van der Waals surface area contributed by atoms with Gasteiger partial charge < -0.3 is 24.7 Å². The number of aryl methyl sites for hydroxylation is 1. The van der Waals surface area contributed by atoms with E-state index in [4.69, 9.17) is 20.3 Å². The Balaban J connectivity index is 1.75. The molecule has 3 aromatic rings. The molecule has 1 aliphatic rings. The Bertz CT molecular complexity index is 1210. The third-order valence-corrected chi connectivity index (χ3v) is 6.37. The minimum absolute atomic E-state index is 0.148. The van der Waals surface area contributed by atoms with Crippen LogP contribution in [0.4, 0.5) is 11.5 Å². The van der Waals surface area contributed by atoms with Crippen LogP contribution in [0.5, 0.6) is 11.5 Å². The fraction of sp³-hybridized carbons (Fsp3) is 0.353. The lowest BCUT2D eigenvalue weighted by molar-refractivity contribution is 0.174. The normalized spacial score (nSPS) is 13.2. The lowest BCUT2D eigenvalue weighted by Gasteiger charge is -2.18. The molecule has 0 saturated carbocycles. The van der Waals surface area contributed by atoms with Crippen LogP contribution in [0.25, 0.3) is 11.2 Å². The molecule has 0 amide bonds. The first kappa shape index (κ1) is 20.5. The molecule has 0 atom stereocenters. The van der Waals surface area contributed by atoms with Crippen molar-refractivity contribution >= 4 is 44.5 Å². The number of aromatic nitrogens is 4. The van der Waals surface area contributed by atoms with Crippen molar-refractivity contribution in [2.45, 2.75) is 23.0 Å². The van der Waals surface area contributed by atoms with Gasteiger partial charge in [-0.2, -0.15) is 0 Å². The number of nitrogen functional groups attached to an aromatic ring is 1. The van der Waals surface area contributed by atoms with Gasteiger partial charge in [-0.05, 0) is 18.2 Å². The smallest absolute Gasteiger partial charge is 0.231 e. The van der Waals surface area contributed by atoms with Gasteiger partial charge in [-0.25, -0.2) is 28.5 Å². The molecular formula is C17H21N7O4S2. The minimum Gasteiger partial charge on any atom is -0.454 e. The van der Waals surface area contributed by atoms with Crippen molar-refractivity contribution in [1.29, 1.82) is 0 Å². The molecule has 30 heavy (non-hydrogen) atoms. The van der Waals surface area contributed by atoms with E-state index in [2.05, 4.69) is 15.0 Å². The third kappa shape index (κ3) is 4.08. The summed E-state index contributed by atoms with van der Waals surface area (Å²) in [5, 5.41) is 5.75. The molecule has 0 fully saturated rings. The Morgan fingerprint density at radius 1 is 1.23 bits per heavy atom. The Kier molecular flexibility index (Phi) is 5.34. The lowest BCUT2D eigenvalue weighted by Crippen LogP contribution is -2.18. The highest BCUT2D eigenvalue weighted by atomic mass is 32.2. The molecular weight excluding hydrogens is 430 g/mol. The first-order valence-corrected chi connectivity index (χ1v) is 11.5. The van der Waals surface area contributed by atoms with Crippen molar-refractivity contribution < 1.29 is 17.9 Å². The van der Waals surface area contributed by atoms with E-state index in [-0.39, 0.29) is 18.4 Å². The zero-order valence-corrected chi connectivity index (χ0v) is 18.0. The van der Waals surface area contributed by atoms with Crippen LogP contribution < -0.4 is 25.2 Å². The standard InChI is InChI=1S/C17H21N7O4S2/c1-23(2)10-6-11-12(28-9-27-11)7-13(10)29-17-22-14-15(18)20-8-21-16(14)24(17)4-3-5-30(19,25)26/h6-8H,3-5,9H2,1-2H3,(H2,18,20,21)(H2,19,25,26). The number of primary sulfonamides is 1. The van der Waals surface area contributed by atoms with E-state index in [1.54, 1.807) is 0 Å². The van der Waals surface area contributed by atoms with Crippen LogP contribution in [0, 0.1) is 0 Å². The van der Waals surface area contributed by atoms with Crippen molar-refractivity contribution in [3.05, 3.63) is 18.5 Å². The second kappa shape index (κ2) is 7.81. The lowest BCUT2D eigenvalue weighted by atomic mass is 10.2. The van der Waals surface area contributed by atoms with Gasteiger partial charge in [0.1, 0.15) is 6.33 Å². The second-order valence-electron chi connectivity index (χ2n) is 6.87. The van der Waals surface area contributed by atoms with Crippen molar-refractivity contribution in [2.24, 2.45) is 5.14 Å². The summed E-state index contributed by atoms with van der Waals surface area (Å²) in [5.41, 5.74) is 7.90. The topological polar surface area (TPSA) is 151 Å². The molecule has 0 bridgehead atoms. The highest BCUT2D eigenvalue weighted by molar-refractivity contribution is 7.99. The average molecular weight is 452 g/mol. The van der Waals surface area contributed by atoms with Crippen molar-refractivity contribution in [3.8, 4) is 11.5 Å². The first-order valence-electron chi connectivity index (χ1n) is 8.99. The molecule has 4 rings (SSSR count). The number of nitrogens with two attached hydrogens (primary N) is 2. The molecule has 13 heteroatoms. The molecule has 0 spiro atoms. The van der Waals surface area contributed by atoms with Crippen LogP contribution >= 0.6 is 11.8 Å². The summed E-state index contributed by atoms with van der Waals surface area (Å²) in [5.74, 6) is 1.44. The predicted molar refractivity (Wildman–Crippen MR) is 113 cm³/mol. The van der Waals surface area contributed by atoms with E-state index in [0.717, 1.165) is 10.6 Å². The van der Waals surface area contributed by atoms with Crippen LogP contribution in [-0.2, 0) is 16.6 Å². The molecule has 1 aliphatic heterocycles. The second-order valence-corrected chi connectivity index (χ2v) is 9.61. The third-order valence-electron chi connectivity index (χ3n) is 4.47. The highest BCUT2D eigenvalue weighted by Gasteiger charge is 2.22.